The lowest BCUT2D eigenvalue weighted by molar-refractivity contribution is 0.285. The summed E-state index contributed by atoms with van der Waals surface area (Å²) >= 11 is 0. The highest BCUT2D eigenvalue weighted by Crippen LogP contribution is 2.21. The van der Waals surface area contributed by atoms with Crippen LogP contribution in [0.15, 0.2) is 33.3 Å². The van der Waals surface area contributed by atoms with Gasteiger partial charge in [0.05, 0.1) is 0 Å². The summed E-state index contributed by atoms with van der Waals surface area (Å²) in [6.45, 7) is 4.28. The van der Waals surface area contributed by atoms with Gasteiger partial charge in [-0.3, -0.25) is 0 Å². The number of benzene rings is 1. The molecule has 1 atom stereocenters. The smallest absolute Gasteiger partial charge is 0.257 e. The quantitative estimate of drug-likeness (QED) is 0.666. The van der Waals surface area contributed by atoms with Crippen molar-refractivity contribution in [2.45, 2.75) is 39.3 Å². The number of nitrogens with zero attached hydrogens (tertiary/aromatic N) is 4. The number of likely N-dealkylation sites (N-methyl/N-ethyl adjacent to an activating group) is 1. The van der Waals surface area contributed by atoms with Crippen molar-refractivity contribution in [1.82, 2.24) is 25.6 Å². The Hall–Kier alpha value is -2.74. The Bertz CT molecular complexity index is 797. The molecule has 25 heavy (non-hydrogen) atoms. The fourth-order valence-corrected chi connectivity index (χ4v) is 2.16. The molecule has 8 nitrogen and oxygen atoms in total. The van der Waals surface area contributed by atoms with Crippen LogP contribution in [0.25, 0.3) is 11.5 Å². The van der Waals surface area contributed by atoms with Gasteiger partial charge in [0.25, 0.3) is 5.89 Å². The summed E-state index contributed by atoms with van der Waals surface area (Å²) in [5, 5.41) is 11.0. The number of hydrogen-bond acceptors (Lipinski definition) is 8. The first-order valence-electron chi connectivity index (χ1n) is 8.22. The van der Waals surface area contributed by atoms with Crippen LogP contribution in [-0.2, 0) is 19.4 Å². The fourth-order valence-electron chi connectivity index (χ4n) is 2.16. The first-order chi connectivity index (χ1) is 12.2. The molecule has 0 aliphatic carbocycles. The van der Waals surface area contributed by atoms with Crippen molar-refractivity contribution in [3.8, 4) is 17.2 Å². The highest BCUT2D eigenvalue weighted by Gasteiger charge is 2.11. The first-order valence-corrected chi connectivity index (χ1v) is 8.22. The molecule has 0 fully saturated rings. The Kier molecular flexibility index (Phi) is 5.39. The van der Waals surface area contributed by atoms with Crippen LogP contribution in [-0.4, -0.2) is 33.4 Å². The van der Waals surface area contributed by atoms with Crippen LogP contribution < -0.4 is 10.1 Å². The molecule has 0 saturated heterocycles. The molecule has 0 saturated carbocycles. The number of aromatic nitrogens is 4. The van der Waals surface area contributed by atoms with Crippen LogP contribution >= 0.6 is 0 Å². The summed E-state index contributed by atoms with van der Waals surface area (Å²) in [6.07, 6.45) is 1.42. The first kappa shape index (κ1) is 17.1. The molecule has 1 unspecified atom stereocenters. The lowest BCUT2D eigenvalue weighted by atomic mass is 10.2. The summed E-state index contributed by atoms with van der Waals surface area (Å²) in [4.78, 5) is 8.61. The predicted molar refractivity (Wildman–Crippen MR) is 90.0 cm³/mol. The molecule has 132 valence electrons. The van der Waals surface area contributed by atoms with Crippen LogP contribution in [0.2, 0.25) is 0 Å². The minimum Gasteiger partial charge on any atom is -0.485 e. The number of nitrogens with one attached hydrogen (secondary N) is 1. The van der Waals surface area contributed by atoms with Crippen molar-refractivity contribution in [1.29, 1.82) is 0 Å². The summed E-state index contributed by atoms with van der Waals surface area (Å²) < 4.78 is 16.0. The van der Waals surface area contributed by atoms with Gasteiger partial charge in [-0.25, -0.2) is 0 Å². The van der Waals surface area contributed by atoms with E-state index in [0.717, 1.165) is 5.56 Å². The van der Waals surface area contributed by atoms with E-state index < -0.39 is 0 Å². The van der Waals surface area contributed by atoms with Crippen molar-refractivity contribution in [2.75, 3.05) is 7.05 Å². The monoisotopic (exact) mass is 343 g/mol. The van der Waals surface area contributed by atoms with E-state index in [1.807, 2.05) is 38.2 Å². The van der Waals surface area contributed by atoms with Gasteiger partial charge in [0.2, 0.25) is 11.7 Å². The SMILES string of the molecule is CCc1nc(COc2ccc(-c3nc(CC(C)NC)no3)cc2)no1. The van der Waals surface area contributed by atoms with Crippen molar-refractivity contribution in [2.24, 2.45) is 0 Å². The summed E-state index contributed by atoms with van der Waals surface area (Å²) in [5.74, 6) is 3.02. The van der Waals surface area contributed by atoms with E-state index in [4.69, 9.17) is 13.8 Å². The second kappa shape index (κ2) is 7.89. The summed E-state index contributed by atoms with van der Waals surface area (Å²) in [6, 6.07) is 7.73. The molecule has 2 aromatic heterocycles. The number of hydrogen-bond donors (Lipinski definition) is 1. The number of rotatable bonds is 8. The molecular weight excluding hydrogens is 322 g/mol. The van der Waals surface area contributed by atoms with E-state index in [2.05, 4.69) is 32.5 Å². The van der Waals surface area contributed by atoms with Gasteiger partial charge in [0, 0.05) is 24.4 Å². The van der Waals surface area contributed by atoms with Crippen LogP contribution in [0.1, 0.15) is 31.4 Å². The zero-order valence-corrected chi connectivity index (χ0v) is 14.5. The predicted octanol–water partition coefficient (Wildman–Crippen LogP) is 2.41. The van der Waals surface area contributed by atoms with Crippen LogP contribution in [0.5, 0.6) is 5.75 Å². The molecule has 3 aromatic rings. The van der Waals surface area contributed by atoms with Crippen LogP contribution in [0.3, 0.4) is 0 Å². The second-order valence-corrected chi connectivity index (χ2v) is 5.68. The van der Waals surface area contributed by atoms with E-state index in [1.165, 1.54) is 0 Å². The standard InChI is InChI=1S/C17H21N5O3/c1-4-16-19-15(22-24-16)10-23-13-7-5-12(6-8-13)17-20-14(21-25-17)9-11(2)18-3/h5-8,11,18H,4,9-10H2,1-3H3. The minimum atomic E-state index is 0.259. The Morgan fingerprint density at radius 1 is 1.08 bits per heavy atom. The molecule has 8 heteroatoms. The van der Waals surface area contributed by atoms with E-state index in [-0.39, 0.29) is 6.61 Å². The van der Waals surface area contributed by atoms with Crippen molar-refractivity contribution in [3.05, 3.63) is 41.8 Å². The summed E-state index contributed by atoms with van der Waals surface area (Å²) in [7, 11) is 1.90. The zero-order chi connectivity index (χ0) is 17.6. The van der Waals surface area contributed by atoms with Gasteiger partial charge >= 0.3 is 0 Å². The molecule has 3 rings (SSSR count). The van der Waals surface area contributed by atoms with E-state index in [9.17, 15) is 0 Å². The Labute approximate surface area is 145 Å². The normalized spacial score (nSPS) is 12.3. The average Bonchev–Trinajstić information content (AvgIpc) is 3.29. The molecular formula is C17H21N5O3. The minimum absolute atomic E-state index is 0.259. The molecule has 0 amide bonds. The molecule has 1 N–H and O–H groups in total. The van der Waals surface area contributed by atoms with Gasteiger partial charge in [-0.05, 0) is 38.2 Å². The average molecular weight is 343 g/mol. The maximum atomic E-state index is 5.65. The van der Waals surface area contributed by atoms with Crippen molar-refractivity contribution >= 4 is 0 Å². The maximum absolute atomic E-state index is 5.65. The van der Waals surface area contributed by atoms with Gasteiger partial charge in [0.1, 0.15) is 5.75 Å². The van der Waals surface area contributed by atoms with Gasteiger partial charge in [0.15, 0.2) is 12.4 Å². The third kappa shape index (κ3) is 4.42. The molecule has 0 aliphatic heterocycles. The third-order valence-corrected chi connectivity index (χ3v) is 3.73. The largest absolute Gasteiger partial charge is 0.485 e. The zero-order valence-electron chi connectivity index (χ0n) is 14.5. The third-order valence-electron chi connectivity index (χ3n) is 3.73. The Balaban J connectivity index is 1.60. The molecule has 0 bridgehead atoms. The van der Waals surface area contributed by atoms with Gasteiger partial charge < -0.3 is 19.1 Å². The van der Waals surface area contributed by atoms with E-state index in [1.54, 1.807) is 0 Å². The molecule has 2 heterocycles. The number of ether oxygens (including phenoxy) is 1. The highest BCUT2D eigenvalue weighted by atomic mass is 16.5. The van der Waals surface area contributed by atoms with Crippen LogP contribution in [0, 0.1) is 0 Å². The lowest BCUT2D eigenvalue weighted by Gasteiger charge is -2.04. The molecule has 0 radical (unpaired) electrons. The molecule has 1 aromatic carbocycles. The van der Waals surface area contributed by atoms with Crippen molar-refractivity contribution in [3.63, 3.8) is 0 Å². The molecule has 0 aliphatic rings. The van der Waals surface area contributed by atoms with Gasteiger partial charge in [-0.1, -0.05) is 17.2 Å². The number of aryl methyl sites for hydroxylation is 1. The summed E-state index contributed by atoms with van der Waals surface area (Å²) in [5.41, 5.74) is 0.844. The van der Waals surface area contributed by atoms with Gasteiger partial charge in [-0.2, -0.15) is 9.97 Å². The second-order valence-electron chi connectivity index (χ2n) is 5.68. The Morgan fingerprint density at radius 2 is 1.84 bits per heavy atom. The van der Waals surface area contributed by atoms with E-state index >= 15 is 0 Å². The Morgan fingerprint density at radius 3 is 2.52 bits per heavy atom. The van der Waals surface area contributed by atoms with Gasteiger partial charge in [-0.15, -0.1) is 0 Å². The highest BCUT2D eigenvalue weighted by molar-refractivity contribution is 5.54. The van der Waals surface area contributed by atoms with E-state index in [0.29, 0.717) is 48.1 Å². The van der Waals surface area contributed by atoms with Crippen LogP contribution in [0.4, 0.5) is 0 Å². The van der Waals surface area contributed by atoms with Crippen molar-refractivity contribution < 1.29 is 13.8 Å². The topological polar surface area (TPSA) is 99.1 Å². The molecule has 0 spiro atoms. The fraction of sp³-hybridized carbons (Fsp3) is 0.412. The lowest BCUT2D eigenvalue weighted by Crippen LogP contribution is -2.24. The maximum Gasteiger partial charge on any atom is 0.257 e.